The van der Waals surface area contributed by atoms with E-state index in [4.69, 9.17) is 4.74 Å². The third-order valence-electron chi connectivity index (χ3n) is 3.52. The van der Waals surface area contributed by atoms with Crippen molar-refractivity contribution in [1.29, 1.82) is 0 Å². The van der Waals surface area contributed by atoms with Gasteiger partial charge in [0, 0.05) is 11.9 Å². The molecule has 3 aromatic rings. The first-order valence-electron chi connectivity index (χ1n) is 7.12. The fraction of sp³-hybridized carbons (Fsp3) is 0.176. The molecular formula is C17H17N3O2. The van der Waals surface area contributed by atoms with Crippen LogP contribution in [-0.2, 0) is 6.42 Å². The fourth-order valence-electron chi connectivity index (χ4n) is 2.37. The molecule has 22 heavy (non-hydrogen) atoms. The monoisotopic (exact) mass is 295 g/mol. The number of para-hydroxylation sites is 1. The molecule has 0 spiro atoms. The van der Waals surface area contributed by atoms with Crippen LogP contribution in [0.4, 0.5) is 0 Å². The summed E-state index contributed by atoms with van der Waals surface area (Å²) in [7, 11) is 1.64. The molecule has 1 heterocycles. The minimum absolute atomic E-state index is 0.166. The molecule has 0 aliphatic rings. The van der Waals surface area contributed by atoms with Gasteiger partial charge in [-0.15, -0.1) is 0 Å². The minimum atomic E-state index is -0.166. The summed E-state index contributed by atoms with van der Waals surface area (Å²) in [6, 6.07) is 15.4. The molecule has 0 atom stereocenters. The number of nitrogens with one attached hydrogen (secondary N) is 2. The Bertz CT molecular complexity index is 795. The molecule has 1 amide bonds. The molecule has 5 heteroatoms. The lowest BCUT2D eigenvalue weighted by Gasteiger charge is -2.06. The molecule has 1 aromatic heterocycles. The molecule has 0 bridgehead atoms. The number of ether oxygens (including phenoxy) is 1. The van der Waals surface area contributed by atoms with Crippen molar-refractivity contribution in [3.8, 4) is 5.75 Å². The Hall–Kier alpha value is -2.82. The Morgan fingerprint density at radius 3 is 2.95 bits per heavy atom. The quantitative estimate of drug-likeness (QED) is 0.760. The Morgan fingerprint density at radius 1 is 1.23 bits per heavy atom. The zero-order valence-electron chi connectivity index (χ0n) is 12.3. The molecule has 0 saturated carbocycles. The number of hydrogen-bond donors (Lipinski definition) is 2. The molecule has 0 fully saturated rings. The van der Waals surface area contributed by atoms with Gasteiger partial charge < -0.3 is 10.1 Å². The van der Waals surface area contributed by atoms with Gasteiger partial charge in [-0.1, -0.05) is 30.3 Å². The molecule has 2 N–H and O–H groups in total. The number of aromatic nitrogens is 2. The van der Waals surface area contributed by atoms with E-state index in [1.807, 2.05) is 48.5 Å². The van der Waals surface area contributed by atoms with Crippen LogP contribution in [-0.4, -0.2) is 29.8 Å². The van der Waals surface area contributed by atoms with E-state index in [0.29, 0.717) is 12.2 Å². The number of H-pyrrole nitrogens is 1. The normalized spacial score (nSPS) is 10.6. The maximum absolute atomic E-state index is 12.2. The van der Waals surface area contributed by atoms with Gasteiger partial charge in [-0.2, -0.15) is 5.10 Å². The predicted octanol–water partition coefficient (Wildman–Crippen LogP) is 2.54. The molecule has 0 aliphatic carbocycles. The van der Waals surface area contributed by atoms with Crippen LogP contribution in [0.1, 0.15) is 16.1 Å². The van der Waals surface area contributed by atoms with E-state index < -0.39 is 0 Å². The lowest BCUT2D eigenvalue weighted by atomic mass is 10.1. The first kappa shape index (κ1) is 14.1. The van der Waals surface area contributed by atoms with E-state index in [0.717, 1.165) is 28.6 Å². The Labute approximate surface area is 128 Å². The fourth-order valence-corrected chi connectivity index (χ4v) is 2.37. The van der Waals surface area contributed by atoms with Crippen LogP contribution >= 0.6 is 0 Å². The number of rotatable bonds is 5. The topological polar surface area (TPSA) is 67.0 Å². The van der Waals surface area contributed by atoms with E-state index in [9.17, 15) is 4.79 Å². The van der Waals surface area contributed by atoms with Crippen LogP contribution in [0.5, 0.6) is 5.75 Å². The summed E-state index contributed by atoms with van der Waals surface area (Å²) in [4.78, 5) is 12.2. The van der Waals surface area contributed by atoms with Crippen LogP contribution in [0.3, 0.4) is 0 Å². The number of hydrogen-bond acceptors (Lipinski definition) is 3. The summed E-state index contributed by atoms with van der Waals surface area (Å²) in [6.45, 7) is 0.549. The van der Waals surface area contributed by atoms with Crippen molar-refractivity contribution in [1.82, 2.24) is 15.5 Å². The second-order valence-corrected chi connectivity index (χ2v) is 4.98. The number of aromatic amines is 1. The Balaban J connectivity index is 1.62. The third-order valence-corrected chi connectivity index (χ3v) is 3.52. The van der Waals surface area contributed by atoms with Crippen molar-refractivity contribution in [2.75, 3.05) is 13.7 Å². The largest absolute Gasteiger partial charge is 0.497 e. The standard InChI is InChI=1S/C17H17N3O2/c1-22-13-6-4-5-12(11-13)9-10-18-17(21)16-14-7-2-3-8-15(14)19-20-16/h2-8,11H,9-10H2,1H3,(H,18,21)(H,19,20). The molecule has 5 nitrogen and oxygen atoms in total. The smallest absolute Gasteiger partial charge is 0.272 e. The average Bonchev–Trinajstić information content (AvgIpc) is 2.99. The molecule has 3 rings (SSSR count). The Morgan fingerprint density at radius 2 is 2.09 bits per heavy atom. The molecule has 0 saturated heterocycles. The van der Waals surface area contributed by atoms with Crippen LogP contribution in [0.2, 0.25) is 0 Å². The lowest BCUT2D eigenvalue weighted by Crippen LogP contribution is -2.26. The second kappa shape index (κ2) is 6.30. The zero-order chi connectivity index (χ0) is 15.4. The van der Waals surface area contributed by atoms with Crippen molar-refractivity contribution >= 4 is 16.8 Å². The van der Waals surface area contributed by atoms with E-state index >= 15 is 0 Å². The van der Waals surface area contributed by atoms with Gasteiger partial charge in [-0.05, 0) is 30.2 Å². The van der Waals surface area contributed by atoms with E-state index in [1.54, 1.807) is 7.11 Å². The zero-order valence-corrected chi connectivity index (χ0v) is 12.3. The van der Waals surface area contributed by atoms with Crippen molar-refractivity contribution in [3.05, 3.63) is 59.8 Å². The van der Waals surface area contributed by atoms with Gasteiger partial charge in [0.2, 0.25) is 0 Å². The van der Waals surface area contributed by atoms with Gasteiger partial charge in [0.1, 0.15) is 5.75 Å². The lowest BCUT2D eigenvalue weighted by molar-refractivity contribution is 0.0950. The highest BCUT2D eigenvalue weighted by Crippen LogP contribution is 2.15. The molecular weight excluding hydrogens is 278 g/mol. The summed E-state index contributed by atoms with van der Waals surface area (Å²) in [5, 5.41) is 10.7. The number of nitrogens with zero attached hydrogens (tertiary/aromatic N) is 1. The summed E-state index contributed by atoms with van der Waals surface area (Å²) >= 11 is 0. The van der Waals surface area contributed by atoms with Crippen LogP contribution in [0.15, 0.2) is 48.5 Å². The molecule has 2 aromatic carbocycles. The van der Waals surface area contributed by atoms with Gasteiger partial charge in [0.05, 0.1) is 12.6 Å². The summed E-state index contributed by atoms with van der Waals surface area (Å²) in [5.74, 6) is 0.655. The van der Waals surface area contributed by atoms with E-state index in [-0.39, 0.29) is 5.91 Å². The van der Waals surface area contributed by atoms with Crippen LogP contribution in [0, 0.1) is 0 Å². The first-order valence-corrected chi connectivity index (χ1v) is 7.12. The highest BCUT2D eigenvalue weighted by molar-refractivity contribution is 6.04. The molecule has 0 aliphatic heterocycles. The average molecular weight is 295 g/mol. The van der Waals surface area contributed by atoms with Gasteiger partial charge in [0.25, 0.3) is 5.91 Å². The number of fused-ring (bicyclic) bond motifs is 1. The first-order chi connectivity index (χ1) is 10.8. The number of amides is 1. The van der Waals surface area contributed by atoms with Crippen molar-refractivity contribution in [2.45, 2.75) is 6.42 Å². The van der Waals surface area contributed by atoms with Crippen molar-refractivity contribution in [3.63, 3.8) is 0 Å². The number of methoxy groups -OCH3 is 1. The second-order valence-electron chi connectivity index (χ2n) is 4.98. The summed E-state index contributed by atoms with van der Waals surface area (Å²) < 4.78 is 5.19. The highest BCUT2D eigenvalue weighted by atomic mass is 16.5. The van der Waals surface area contributed by atoms with Gasteiger partial charge in [-0.3, -0.25) is 9.89 Å². The van der Waals surface area contributed by atoms with Crippen LogP contribution < -0.4 is 10.1 Å². The van der Waals surface area contributed by atoms with Crippen LogP contribution in [0.25, 0.3) is 10.9 Å². The number of benzene rings is 2. The maximum atomic E-state index is 12.2. The highest BCUT2D eigenvalue weighted by Gasteiger charge is 2.12. The summed E-state index contributed by atoms with van der Waals surface area (Å²) in [5.41, 5.74) is 2.41. The number of carbonyl (C=O) groups excluding carboxylic acids is 1. The SMILES string of the molecule is COc1cccc(CCNC(=O)c2n[nH]c3ccccc23)c1. The summed E-state index contributed by atoms with van der Waals surface area (Å²) in [6.07, 6.45) is 0.741. The molecule has 0 radical (unpaired) electrons. The van der Waals surface area contributed by atoms with E-state index in [2.05, 4.69) is 15.5 Å². The number of carbonyl (C=O) groups is 1. The predicted molar refractivity (Wildman–Crippen MR) is 85.1 cm³/mol. The van der Waals surface area contributed by atoms with Gasteiger partial charge in [-0.25, -0.2) is 0 Å². The Kier molecular flexibility index (Phi) is 4.05. The van der Waals surface area contributed by atoms with Crippen molar-refractivity contribution in [2.24, 2.45) is 0 Å². The molecule has 0 unspecified atom stereocenters. The maximum Gasteiger partial charge on any atom is 0.272 e. The van der Waals surface area contributed by atoms with E-state index in [1.165, 1.54) is 0 Å². The van der Waals surface area contributed by atoms with Crippen molar-refractivity contribution < 1.29 is 9.53 Å². The third kappa shape index (κ3) is 2.93. The van der Waals surface area contributed by atoms with Gasteiger partial charge >= 0.3 is 0 Å². The molecule has 112 valence electrons. The minimum Gasteiger partial charge on any atom is -0.497 e. The van der Waals surface area contributed by atoms with Gasteiger partial charge in [0.15, 0.2) is 5.69 Å².